The average molecular weight is 443 g/mol. The molecule has 1 aliphatic carbocycles. The number of amides is 1. The van der Waals surface area contributed by atoms with Gasteiger partial charge in [0.15, 0.2) is 11.8 Å². The molecule has 30 heavy (non-hydrogen) atoms. The first-order valence-corrected chi connectivity index (χ1v) is 11.2. The Bertz CT molecular complexity index is 851. The minimum atomic E-state index is -4.45. The van der Waals surface area contributed by atoms with Gasteiger partial charge >= 0.3 is 6.18 Å². The lowest BCUT2D eigenvalue weighted by Crippen LogP contribution is -2.30. The van der Waals surface area contributed by atoms with Gasteiger partial charge in [-0.2, -0.15) is 13.2 Å². The van der Waals surface area contributed by atoms with E-state index in [4.69, 9.17) is 4.74 Å². The molecule has 6 nitrogen and oxygen atoms in total. The Balaban J connectivity index is 1.43. The van der Waals surface area contributed by atoms with Crippen LogP contribution in [0.1, 0.15) is 49.5 Å². The Kier molecular flexibility index (Phi) is 7.63. The normalized spacial score (nSPS) is 14.8. The first-order valence-electron chi connectivity index (χ1n) is 9.93. The number of nitrogens with zero attached hydrogens (tertiary/aromatic N) is 3. The number of thioether (sulfide) groups is 1. The number of ether oxygens (including phenoxy) is 1. The summed E-state index contributed by atoms with van der Waals surface area (Å²) in [6, 6.07) is 4.93. The molecule has 1 aromatic heterocycles. The monoisotopic (exact) mass is 442 g/mol. The van der Waals surface area contributed by atoms with Crippen molar-refractivity contribution in [1.29, 1.82) is 0 Å². The maximum atomic E-state index is 12.7. The molecule has 0 aliphatic heterocycles. The molecular formula is C20H25F3N4O2S. The largest absolute Gasteiger partial charge is 0.484 e. The Morgan fingerprint density at radius 2 is 2.07 bits per heavy atom. The van der Waals surface area contributed by atoms with E-state index >= 15 is 0 Å². The van der Waals surface area contributed by atoms with Crippen LogP contribution in [0, 0.1) is 0 Å². The van der Waals surface area contributed by atoms with Crippen LogP contribution < -0.4 is 10.1 Å². The van der Waals surface area contributed by atoms with Gasteiger partial charge in [0.2, 0.25) is 0 Å². The number of halogens is 3. The van der Waals surface area contributed by atoms with Gasteiger partial charge in [-0.3, -0.25) is 4.79 Å². The Hall–Kier alpha value is -2.23. The number of benzene rings is 1. The molecule has 0 saturated heterocycles. The molecule has 10 heteroatoms. The predicted molar refractivity (Wildman–Crippen MR) is 108 cm³/mol. The molecule has 0 bridgehead atoms. The van der Waals surface area contributed by atoms with E-state index in [2.05, 4.69) is 20.1 Å². The smallest absolute Gasteiger partial charge is 0.416 e. The molecule has 164 valence electrons. The summed E-state index contributed by atoms with van der Waals surface area (Å²) in [7, 11) is 0. The van der Waals surface area contributed by atoms with Gasteiger partial charge in [-0.15, -0.1) is 10.2 Å². The lowest BCUT2D eigenvalue weighted by atomic mass is 10.2. The zero-order valence-electron chi connectivity index (χ0n) is 16.7. The first-order chi connectivity index (χ1) is 14.4. The molecule has 1 saturated carbocycles. The summed E-state index contributed by atoms with van der Waals surface area (Å²) < 4.78 is 45.6. The molecule has 3 rings (SSSR count). The SMILES string of the molecule is CSc1nnc(CCCNC(=O)COc2cccc(C(F)(F)F)c2)n1C1CCCC1. The van der Waals surface area contributed by atoms with E-state index in [0.717, 1.165) is 36.0 Å². The van der Waals surface area contributed by atoms with E-state index in [1.165, 1.54) is 25.0 Å². The van der Waals surface area contributed by atoms with Crippen LogP contribution in [0.2, 0.25) is 0 Å². The second-order valence-corrected chi connectivity index (χ2v) is 7.95. The highest BCUT2D eigenvalue weighted by molar-refractivity contribution is 7.98. The zero-order chi connectivity index (χ0) is 21.6. The van der Waals surface area contributed by atoms with E-state index in [9.17, 15) is 18.0 Å². The van der Waals surface area contributed by atoms with Crippen LogP contribution in [0.25, 0.3) is 0 Å². The fraction of sp³-hybridized carbons (Fsp3) is 0.550. The van der Waals surface area contributed by atoms with Crippen LogP contribution in [0.4, 0.5) is 13.2 Å². The molecule has 1 aromatic carbocycles. The topological polar surface area (TPSA) is 69.0 Å². The van der Waals surface area contributed by atoms with Crippen molar-refractivity contribution < 1.29 is 22.7 Å². The molecule has 0 atom stereocenters. The molecule has 1 N–H and O–H groups in total. The quantitative estimate of drug-likeness (QED) is 0.464. The van der Waals surface area contributed by atoms with Crippen molar-refractivity contribution in [3.8, 4) is 5.75 Å². The second kappa shape index (κ2) is 10.2. The van der Waals surface area contributed by atoms with Crippen molar-refractivity contribution in [3.05, 3.63) is 35.7 Å². The highest BCUT2D eigenvalue weighted by Gasteiger charge is 2.30. The molecule has 1 aliphatic rings. The lowest BCUT2D eigenvalue weighted by molar-refractivity contribution is -0.137. The minimum Gasteiger partial charge on any atom is -0.484 e. The van der Waals surface area contributed by atoms with E-state index < -0.39 is 11.7 Å². The summed E-state index contributed by atoms with van der Waals surface area (Å²) >= 11 is 1.59. The number of carbonyl (C=O) groups excluding carboxylic acids is 1. The van der Waals surface area contributed by atoms with E-state index in [0.29, 0.717) is 25.4 Å². The number of aromatic nitrogens is 3. The van der Waals surface area contributed by atoms with E-state index in [1.807, 2.05) is 6.26 Å². The Morgan fingerprint density at radius 1 is 1.30 bits per heavy atom. The minimum absolute atomic E-state index is 0.00855. The van der Waals surface area contributed by atoms with Gasteiger partial charge in [-0.05, 0) is 43.7 Å². The van der Waals surface area contributed by atoms with Gasteiger partial charge in [-0.25, -0.2) is 0 Å². The van der Waals surface area contributed by atoms with Gasteiger partial charge in [0.05, 0.1) is 5.56 Å². The molecule has 0 spiro atoms. The maximum absolute atomic E-state index is 12.7. The Morgan fingerprint density at radius 3 is 2.77 bits per heavy atom. The predicted octanol–water partition coefficient (Wildman–Crippen LogP) is 4.26. The maximum Gasteiger partial charge on any atom is 0.416 e. The van der Waals surface area contributed by atoms with Crippen molar-refractivity contribution in [1.82, 2.24) is 20.1 Å². The van der Waals surface area contributed by atoms with Crippen molar-refractivity contribution in [3.63, 3.8) is 0 Å². The van der Waals surface area contributed by atoms with Crippen LogP contribution >= 0.6 is 11.8 Å². The van der Waals surface area contributed by atoms with Crippen LogP contribution in [-0.2, 0) is 17.4 Å². The number of rotatable bonds is 9. The number of aryl methyl sites for hydroxylation is 1. The van der Waals surface area contributed by atoms with Crippen LogP contribution in [0.5, 0.6) is 5.75 Å². The van der Waals surface area contributed by atoms with Gasteiger partial charge < -0.3 is 14.6 Å². The molecule has 0 radical (unpaired) electrons. The van der Waals surface area contributed by atoms with Gasteiger partial charge in [0.25, 0.3) is 5.91 Å². The highest BCUT2D eigenvalue weighted by Crippen LogP contribution is 2.33. The number of nitrogens with one attached hydrogen (secondary N) is 1. The summed E-state index contributed by atoms with van der Waals surface area (Å²) in [4.78, 5) is 11.9. The fourth-order valence-corrected chi connectivity index (χ4v) is 4.16. The highest BCUT2D eigenvalue weighted by atomic mass is 32.2. The summed E-state index contributed by atoms with van der Waals surface area (Å²) in [6.45, 7) is 0.0904. The number of alkyl halides is 3. The molecule has 0 unspecified atom stereocenters. The third kappa shape index (κ3) is 5.90. The Labute approximate surface area is 177 Å². The van der Waals surface area contributed by atoms with E-state index in [1.54, 1.807) is 11.8 Å². The van der Waals surface area contributed by atoms with E-state index in [-0.39, 0.29) is 18.3 Å². The van der Waals surface area contributed by atoms with Gasteiger partial charge in [-0.1, -0.05) is 30.7 Å². The number of hydrogen-bond acceptors (Lipinski definition) is 5. The number of carbonyl (C=O) groups is 1. The van der Waals surface area contributed by atoms with Crippen molar-refractivity contribution in [2.75, 3.05) is 19.4 Å². The zero-order valence-corrected chi connectivity index (χ0v) is 17.6. The van der Waals surface area contributed by atoms with Crippen molar-refractivity contribution >= 4 is 17.7 Å². The molecule has 2 aromatic rings. The average Bonchev–Trinajstić information content (AvgIpc) is 3.38. The van der Waals surface area contributed by atoms with Crippen LogP contribution in [0.15, 0.2) is 29.4 Å². The van der Waals surface area contributed by atoms with Crippen molar-refractivity contribution in [2.24, 2.45) is 0 Å². The fourth-order valence-electron chi connectivity index (χ4n) is 3.58. The molecular weight excluding hydrogens is 417 g/mol. The van der Waals surface area contributed by atoms with Gasteiger partial charge in [0, 0.05) is 19.0 Å². The summed E-state index contributed by atoms with van der Waals surface area (Å²) in [5.41, 5.74) is -0.809. The van der Waals surface area contributed by atoms with Crippen molar-refractivity contribution in [2.45, 2.75) is 55.9 Å². The van der Waals surface area contributed by atoms with Crippen LogP contribution in [0.3, 0.4) is 0 Å². The summed E-state index contributed by atoms with van der Waals surface area (Å²) in [5, 5.41) is 12.2. The molecule has 1 fully saturated rings. The number of hydrogen-bond donors (Lipinski definition) is 1. The second-order valence-electron chi connectivity index (χ2n) is 7.18. The first kappa shape index (κ1) is 22.5. The third-order valence-electron chi connectivity index (χ3n) is 5.04. The standard InChI is InChI=1S/C20H25F3N4O2S/c1-30-19-26-25-17(27(19)15-7-2-3-8-15)10-5-11-24-18(28)13-29-16-9-4-6-14(12-16)20(21,22)23/h4,6,9,12,15H,2-3,5,7-8,10-11,13H2,1H3,(H,24,28). The lowest BCUT2D eigenvalue weighted by Gasteiger charge is -2.16. The summed E-state index contributed by atoms with van der Waals surface area (Å²) in [6.07, 6.45) is 3.65. The molecule has 1 heterocycles. The third-order valence-corrected chi connectivity index (χ3v) is 5.68. The molecule has 1 amide bonds. The van der Waals surface area contributed by atoms with Gasteiger partial charge in [0.1, 0.15) is 11.6 Å². The summed E-state index contributed by atoms with van der Waals surface area (Å²) in [5.74, 6) is 0.560. The van der Waals surface area contributed by atoms with Crippen LogP contribution in [-0.4, -0.2) is 40.1 Å².